The van der Waals surface area contributed by atoms with E-state index in [9.17, 15) is 9.59 Å². The van der Waals surface area contributed by atoms with Gasteiger partial charge in [0.25, 0.3) is 0 Å². The Labute approximate surface area is 104 Å². The van der Waals surface area contributed by atoms with Crippen LogP contribution in [-0.4, -0.2) is 42.3 Å². The maximum absolute atomic E-state index is 11.9. The lowest BCUT2D eigenvalue weighted by Gasteiger charge is -2.30. The summed E-state index contributed by atoms with van der Waals surface area (Å²) in [5.41, 5.74) is 0. The number of carbonyl (C=O) groups excluding carboxylic acids is 2. The van der Waals surface area contributed by atoms with E-state index in [4.69, 9.17) is 0 Å². The number of piperidine rings is 1. The molecule has 0 aromatic carbocycles. The molecule has 1 saturated heterocycles. The number of nitrogens with zero attached hydrogens (tertiary/aromatic N) is 1. The van der Waals surface area contributed by atoms with Gasteiger partial charge in [0.1, 0.15) is 5.78 Å². The summed E-state index contributed by atoms with van der Waals surface area (Å²) in [5, 5.41) is 2.96. The molecular formula is C13H24N2O2. The number of hydrogen-bond acceptors (Lipinski definition) is 3. The fourth-order valence-corrected chi connectivity index (χ4v) is 1.96. The van der Waals surface area contributed by atoms with Crippen molar-refractivity contribution in [2.24, 2.45) is 5.92 Å². The van der Waals surface area contributed by atoms with E-state index in [1.54, 1.807) is 0 Å². The van der Waals surface area contributed by atoms with Crippen LogP contribution < -0.4 is 5.32 Å². The molecule has 1 unspecified atom stereocenters. The largest absolute Gasteiger partial charge is 0.355 e. The first-order valence-electron chi connectivity index (χ1n) is 6.54. The second kappa shape index (κ2) is 6.74. The standard InChI is InChI=1S/C13H24N2O2/c1-10(2)4-7-14-13(17)11(3)15-8-5-12(16)6-9-15/h10-11H,4-9H2,1-3H3,(H,14,17). The zero-order valence-electron chi connectivity index (χ0n) is 11.2. The smallest absolute Gasteiger partial charge is 0.237 e. The van der Waals surface area contributed by atoms with E-state index in [1.807, 2.05) is 6.92 Å². The molecule has 1 amide bonds. The highest BCUT2D eigenvalue weighted by Crippen LogP contribution is 2.09. The molecule has 0 saturated carbocycles. The van der Waals surface area contributed by atoms with Crippen molar-refractivity contribution in [1.29, 1.82) is 0 Å². The quantitative estimate of drug-likeness (QED) is 0.785. The van der Waals surface area contributed by atoms with Gasteiger partial charge < -0.3 is 5.32 Å². The van der Waals surface area contributed by atoms with Gasteiger partial charge in [-0.25, -0.2) is 0 Å². The fourth-order valence-electron chi connectivity index (χ4n) is 1.96. The van der Waals surface area contributed by atoms with Gasteiger partial charge in [0, 0.05) is 32.5 Å². The molecule has 1 N–H and O–H groups in total. The maximum Gasteiger partial charge on any atom is 0.237 e. The Morgan fingerprint density at radius 1 is 1.29 bits per heavy atom. The van der Waals surface area contributed by atoms with Gasteiger partial charge in [-0.3, -0.25) is 14.5 Å². The third kappa shape index (κ3) is 4.86. The van der Waals surface area contributed by atoms with Gasteiger partial charge in [-0.15, -0.1) is 0 Å². The molecule has 1 heterocycles. The summed E-state index contributed by atoms with van der Waals surface area (Å²) in [4.78, 5) is 25.1. The zero-order chi connectivity index (χ0) is 12.8. The van der Waals surface area contributed by atoms with Gasteiger partial charge in [0.05, 0.1) is 6.04 Å². The molecule has 4 nitrogen and oxygen atoms in total. The second-order valence-corrected chi connectivity index (χ2v) is 5.22. The first kappa shape index (κ1) is 14.2. The van der Waals surface area contributed by atoms with Crippen LogP contribution in [0, 0.1) is 5.92 Å². The number of hydrogen-bond donors (Lipinski definition) is 1. The average Bonchev–Trinajstić information content (AvgIpc) is 2.28. The van der Waals surface area contributed by atoms with Crippen LogP contribution in [0.15, 0.2) is 0 Å². The van der Waals surface area contributed by atoms with Gasteiger partial charge in [0.2, 0.25) is 5.91 Å². The summed E-state index contributed by atoms with van der Waals surface area (Å²) < 4.78 is 0. The first-order valence-corrected chi connectivity index (χ1v) is 6.54. The molecule has 1 atom stereocenters. The van der Waals surface area contributed by atoms with E-state index in [-0.39, 0.29) is 11.9 Å². The average molecular weight is 240 g/mol. The van der Waals surface area contributed by atoms with E-state index < -0.39 is 0 Å². The molecule has 1 aliphatic rings. The van der Waals surface area contributed by atoms with Crippen LogP contribution in [-0.2, 0) is 9.59 Å². The molecular weight excluding hydrogens is 216 g/mol. The Morgan fingerprint density at radius 3 is 2.41 bits per heavy atom. The van der Waals surface area contributed by atoms with Crippen molar-refractivity contribution in [2.45, 2.75) is 46.1 Å². The summed E-state index contributed by atoms with van der Waals surface area (Å²) in [6, 6.07) is -0.115. The number of rotatable bonds is 5. The highest BCUT2D eigenvalue weighted by atomic mass is 16.2. The zero-order valence-corrected chi connectivity index (χ0v) is 11.2. The minimum absolute atomic E-state index is 0.0833. The number of likely N-dealkylation sites (tertiary alicyclic amines) is 1. The number of Topliss-reactive ketones (excluding diaryl/α,β-unsaturated/α-hetero) is 1. The Morgan fingerprint density at radius 2 is 1.88 bits per heavy atom. The molecule has 17 heavy (non-hydrogen) atoms. The van der Waals surface area contributed by atoms with Crippen molar-refractivity contribution < 1.29 is 9.59 Å². The molecule has 0 spiro atoms. The number of amides is 1. The number of nitrogens with one attached hydrogen (secondary N) is 1. The lowest BCUT2D eigenvalue weighted by atomic mass is 10.1. The van der Waals surface area contributed by atoms with Crippen molar-refractivity contribution >= 4 is 11.7 Å². The number of carbonyl (C=O) groups is 2. The molecule has 4 heteroatoms. The molecule has 0 radical (unpaired) electrons. The Bertz CT molecular complexity index is 267. The van der Waals surface area contributed by atoms with Gasteiger partial charge in [-0.05, 0) is 19.3 Å². The lowest BCUT2D eigenvalue weighted by Crippen LogP contribution is -2.48. The van der Waals surface area contributed by atoms with Crippen molar-refractivity contribution in [2.75, 3.05) is 19.6 Å². The van der Waals surface area contributed by atoms with Gasteiger partial charge in [-0.2, -0.15) is 0 Å². The van der Waals surface area contributed by atoms with E-state index >= 15 is 0 Å². The van der Waals surface area contributed by atoms with Crippen molar-refractivity contribution in [3.8, 4) is 0 Å². The summed E-state index contributed by atoms with van der Waals surface area (Å²) in [6.07, 6.45) is 2.18. The van der Waals surface area contributed by atoms with Crippen LogP contribution in [0.25, 0.3) is 0 Å². The van der Waals surface area contributed by atoms with Crippen LogP contribution in [0.3, 0.4) is 0 Å². The Kier molecular flexibility index (Phi) is 5.62. The first-order chi connectivity index (χ1) is 8.00. The molecule has 0 aliphatic carbocycles. The highest BCUT2D eigenvalue weighted by Gasteiger charge is 2.24. The predicted octanol–water partition coefficient (Wildman–Crippen LogP) is 1.20. The molecule has 0 aromatic rings. The number of ketones is 1. The molecule has 0 aromatic heterocycles. The SMILES string of the molecule is CC(C)CCNC(=O)C(C)N1CCC(=O)CC1. The lowest BCUT2D eigenvalue weighted by molar-refractivity contribution is -0.129. The highest BCUT2D eigenvalue weighted by molar-refractivity contribution is 5.82. The van der Waals surface area contributed by atoms with Crippen molar-refractivity contribution in [3.05, 3.63) is 0 Å². The Balaban J connectivity index is 2.28. The second-order valence-electron chi connectivity index (χ2n) is 5.22. The summed E-state index contributed by atoms with van der Waals surface area (Å²) in [7, 11) is 0. The van der Waals surface area contributed by atoms with Crippen LogP contribution in [0.4, 0.5) is 0 Å². The summed E-state index contributed by atoms with van der Waals surface area (Å²) in [6.45, 7) is 8.39. The van der Waals surface area contributed by atoms with E-state index in [0.29, 0.717) is 24.5 Å². The molecule has 0 bridgehead atoms. The molecule has 98 valence electrons. The van der Waals surface area contributed by atoms with E-state index in [2.05, 4.69) is 24.1 Å². The van der Waals surface area contributed by atoms with Crippen LogP contribution in [0.1, 0.15) is 40.0 Å². The maximum atomic E-state index is 11.9. The third-order valence-electron chi connectivity index (χ3n) is 3.30. The minimum Gasteiger partial charge on any atom is -0.355 e. The molecule has 1 aliphatic heterocycles. The van der Waals surface area contributed by atoms with Crippen LogP contribution in [0.5, 0.6) is 0 Å². The minimum atomic E-state index is -0.115. The predicted molar refractivity (Wildman–Crippen MR) is 67.7 cm³/mol. The van der Waals surface area contributed by atoms with Crippen LogP contribution in [0.2, 0.25) is 0 Å². The van der Waals surface area contributed by atoms with Crippen LogP contribution >= 0.6 is 0 Å². The van der Waals surface area contributed by atoms with Crippen molar-refractivity contribution in [1.82, 2.24) is 10.2 Å². The summed E-state index contributed by atoms with van der Waals surface area (Å²) in [5.74, 6) is 1.01. The molecule has 1 fully saturated rings. The monoisotopic (exact) mass is 240 g/mol. The van der Waals surface area contributed by atoms with Gasteiger partial charge in [-0.1, -0.05) is 13.8 Å². The molecule has 1 rings (SSSR count). The third-order valence-corrected chi connectivity index (χ3v) is 3.30. The Hall–Kier alpha value is -0.900. The van der Waals surface area contributed by atoms with Gasteiger partial charge >= 0.3 is 0 Å². The topological polar surface area (TPSA) is 49.4 Å². The normalized spacial score (nSPS) is 19.4. The fraction of sp³-hybridized carbons (Fsp3) is 0.846. The van der Waals surface area contributed by atoms with Crippen molar-refractivity contribution in [3.63, 3.8) is 0 Å². The van der Waals surface area contributed by atoms with E-state index in [0.717, 1.165) is 26.1 Å². The summed E-state index contributed by atoms with van der Waals surface area (Å²) >= 11 is 0. The van der Waals surface area contributed by atoms with Gasteiger partial charge in [0.15, 0.2) is 0 Å². The van der Waals surface area contributed by atoms with E-state index in [1.165, 1.54) is 0 Å².